The Morgan fingerprint density at radius 3 is 1.29 bits per heavy atom. The van der Waals surface area contributed by atoms with Gasteiger partial charge in [0.25, 0.3) is 0 Å². The van der Waals surface area contributed by atoms with Crippen molar-refractivity contribution in [2.24, 2.45) is 10.2 Å². The van der Waals surface area contributed by atoms with Gasteiger partial charge in [-0.1, -0.05) is 62.4 Å². The van der Waals surface area contributed by atoms with Gasteiger partial charge in [0.15, 0.2) is 0 Å². The van der Waals surface area contributed by atoms with Gasteiger partial charge in [-0.2, -0.15) is 10.2 Å². The van der Waals surface area contributed by atoms with Crippen LogP contribution in [-0.2, 0) is 22.4 Å². The fourth-order valence-electron chi connectivity index (χ4n) is 2.46. The number of aryl methyl sites for hydroxylation is 2. The van der Waals surface area contributed by atoms with Crippen LogP contribution in [0.4, 0.5) is 0 Å². The number of nitrogens with zero attached hydrogens (tertiary/aromatic N) is 2. The molecule has 0 atom stereocenters. The lowest BCUT2D eigenvalue weighted by Crippen LogP contribution is -2.36. The van der Waals surface area contributed by atoms with E-state index in [9.17, 15) is 9.59 Å². The zero-order valence-electron chi connectivity index (χ0n) is 16.7. The summed E-state index contributed by atoms with van der Waals surface area (Å²) in [6.45, 7) is 7.70. The fraction of sp³-hybridized carbons (Fsp3) is 0.273. The van der Waals surface area contributed by atoms with Crippen LogP contribution >= 0.6 is 0 Å². The van der Waals surface area contributed by atoms with Crippen molar-refractivity contribution in [2.45, 2.75) is 40.5 Å². The van der Waals surface area contributed by atoms with Crippen LogP contribution in [0.15, 0.2) is 58.7 Å². The topological polar surface area (TPSA) is 82.9 Å². The molecule has 0 saturated heterocycles. The van der Waals surface area contributed by atoms with Crippen LogP contribution in [0.25, 0.3) is 0 Å². The number of hydrazone groups is 2. The number of benzene rings is 2. The van der Waals surface area contributed by atoms with Crippen molar-refractivity contribution in [1.82, 2.24) is 10.9 Å². The molecule has 0 aliphatic heterocycles. The van der Waals surface area contributed by atoms with Crippen molar-refractivity contribution in [3.63, 3.8) is 0 Å². The van der Waals surface area contributed by atoms with E-state index in [-0.39, 0.29) is 0 Å². The average Bonchev–Trinajstić information content (AvgIpc) is 2.75. The molecule has 0 bridgehead atoms. The number of hydrogen-bond donors (Lipinski definition) is 2. The Morgan fingerprint density at radius 1 is 0.679 bits per heavy atom. The third-order valence-electron chi connectivity index (χ3n) is 4.42. The van der Waals surface area contributed by atoms with Gasteiger partial charge in [0, 0.05) is 0 Å². The first-order valence-corrected chi connectivity index (χ1v) is 9.32. The normalized spacial score (nSPS) is 11.9. The number of amides is 2. The van der Waals surface area contributed by atoms with Gasteiger partial charge < -0.3 is 0 Å². The summed E-state index contributed by atoms with van der Waals surface area (Å²) in [5, 5.41) is 7.97. The van der Waals surface area contributed by atoms with E-state index in [1.807, 2.05) is 48.5 Å². The average molecular weight is 378 g/mol. The molecule has 0 heterocycles. The van der Waals surface area contributed by atoms with E-state index >= 15 is 0 Å². The van der Waals surface area contributed by atoms with Gasteiger partial charge in [-0.25, -0.2) is 10.9 Å². The molecule has 28 heavy (non-hydrogen) atoms. The predicted octanol–water partition coefficient (Wildman–Crippen LogP) is 3.19. The molecule has 0 spiro atoms. The summed E-state index contributed by atoms with van der Waals surface area (Å²) in [7, 11) is 0. The van der Waals surface area contributed by atoms with Gasteiger partial charge in [0.2, 0.25) is 0 Å². The fourth-order valence-corrected chi connectivity index (χ4v) is 2.46. The van der Waals surface area contributed by atoms with Gasteiger partial charge in [0.1, 0.15) is 0 Å². The lowest BCUT2D eigenvalue weighted by Gasteiger charge is -2.05. The molecule has 0 aliphatic carbocycles. The third-order valence-corrected chi connectivity index (χ3v) is 4.42. The van der Waals surface area contributed by atoms with Crippen LogP contribution in [0.2, 0.25) is 0 Å². The maximum atomic E-state index is 11.9. The van der Waals surface area contributed by atoms with E-state index in [1.54, 1.807) is 13.8 Å². The van der Waals surface area contributed by atoms with Crippen molar-refractivity contribution in [3.8, 4) is 0 Å². The molecule has 146 valence electrons. The Bertz CT molecular complexity index is 806. The van der Waals surface area contributed by atoms with Crippen molar-refractivity contribution >= 4 is 23.2 Å². The van der Waals surface area contributed by atoms with E-state index < -0.39 is 11.8 Å². The van der Waals surface area contributed by atoms with Crippen LogP contribution in [-0.4, -0.2) is 23.2 Å². The smallest absolute Gasteiger partial charge is 0.262 e. The third kappa shape index (κ3) is 5.87. The molecule has 2 aromatic rings. The Hall–Kier alpha value is -3.28. The van der Waals surface area contributed by atoms with Crippen molar-refractivity contribution in [2.75, 3.05) is 0 Å². The molecule has 0 unspecified atom stereocenters. The summed E-state index contributed by atoms with van der Waals surface area (Å²) in [6.07, 6.45) is 1.91. The summed E-state index contributed by atoms with van der Waals surface area (Å²) >= 11 is 0. The molecule has 0 fully saturated rings. The second-order valence-corrected chi connectivity index (χ2v) is 6.38. The molecular formula is C22H26N4O2. The summed E-state index contributed by atoms with van der Waals surface area (Å²) < 4.78 is 0. The molecule has 2 amide bonds. The Morgan fingerprint density at radius 2 is 1.00 bits per heavy atom. The van der Waals surface area contributed by atoms with Gasteiger partial charge in [-0.05, 0) is 48.9 Å². The lowest BCUT2D eigenvalue weighted by molar-refractivity contribution is -0.139. The minimum absolute atomic E-state index is 0.611. The molecule has 2 rings (SSSR count). The highest BCUT2D eigenvalue weighted by Gasteiger charge is 2.12. The van der Waals surface area contributed by atoms with E-state index in [0.29, 0.717) is 11.4 Å². The maximum absolute atomic E-state index is 11.9. The number of nitrogens with one attached hydrogen (secondary N) is 2. The van der Waals surface area contributed by atoms with Crippen LogP contribution in [0.5, 0.6) is 0 Å². The molecule has 0 aromatic heterocycles. The molecule has 0 saturated carbocycles. The van der Waals surface area contributed by atoms with E-state index in [4.69, 9.17) is 0 Å². The monoisotopic (exact) mass is 378 g/mol. The number of hydrogen-bond acceptors (Lipinski definition) is 4. The van der Waals surface area contributed by atoms with Gasteiger partial charge in [0.05, 0.1) is 11.4 Å². The Labute approximate surface area is 165 Å². The second kappa shape index (κ2) is 10.2. The molecule has 0 radical (unpaired) electrons. The SMILES string of the molecule is CCc1ccc(C(C)=NNC(=O)C(=O)NN=C(C)c2ccc(CC)cc2)cc1. The lowest BCUT2D eigenvalue weighted by atomic mass is 10.1. The zero-order chi connectivity index (χ0) is 20.5. The quantitative estimate of drug-likeness (QED) is 0.460. The summed E-state index contributed by atoms with van der Waals surface area (Å²) in [6, 6.07) is 15.8. The molecule has 2 aromatic carbocycles. The second-order valence-electron chi connectivity index (χ2n) is 6.38. The van der Waals surface area contributed by atoms with Crippen LogP contribution < -0.4 is 10.9 Å². The standard InChI is InChI=1S/C22H26N4O2/c1-5-17-7-11-19(12-8-17)15(3)23-25-21(27)22(28)26-24-16(4)20-13-9-18(6-2)10-14-20/h7-14H,5-6H2,1-4H3,(H,25,27)(H,26,28). The Kier molecular flexibility index (Phi) is 7.63. The summed E-state index contributed by atoms with van der Waals surface area (Å²) in [5.41, 5.74) is 9.93. The van der Waals surface area contributed by atoms with Crippen molar-refractivity contribution < 1.29 is 9.59 Å². The number of carbonyl (C=O) groups is 2. The highest BCUT2D eigenvalue weighted by Crippen LogP contribution is 2.07. The highest BCUT2D eigenvalue weighted by atomic mass is 16.2. The van der Waals surface area contributed by atoms with Gasteiger partial charge in [-0.15, -0.1) is 0 Å². The molecule has 2 N–H and O–H groups in total. The summed E-state index contributed by atoms with van der Waals surface area (Å²) in [4.78, 5) is 23.8. The van der Waals surface area contributed by atoms with E-state index in [1.165, 1.54) is 11.1 Å². The van der Waals surface area contributed by atoms with E-state index in [0.717, 1.165) is 24.0 Å². The Balaban J connectivity index is 1.93. The summed E-state index contributed by atoms with van der Waals surface area (Å²) in [5.74, 6) is -1.75. The first kappa shape index (κ1) is 21.0. The molecule has 6 heteroatoms. The van der Waals surface area contributed by atoms with Gasteiger partial charge in [-0.3, -0.25) is 9.59 Å². The molecular weight excluding hydrogens is 352 g/mol. The maximum Gasteiger partial charge on any atom is 0.331 e. The van der Waals surface area contributed by atoms with Crippen molar-refractivity contribution in [1.29, 1.82) is 0 Å². The van der Waals surface area contributed by atoms with Crippen LogP contribution in [0.3, 0.4) is 0 Å². The molecule has 6 nitrogen and oxygen atoms in total. The first-order chi connectivity index (χ1) is 13.4. The van der Waals surface area contributed by atoms with Crippen LogP contribution in [0.1, 0.15) is 49.9 Å². The minimum atomic E-state index is -0.873. The first-order valence-electron chi connectivity index (χ1n) is 9.32. The predicted molar refractivity (Wildman–Crippen MR) is 112 cm³/mol. The number of carbonyl (C=O) groups excluding carboxylic acids is 2. The van der Waals surface area contributed by atoms with E-state index in [2.05, 4.69) is 34.9 Å². The highest BCUT2D eigenvalue weighted by molar-refractivity contribution is 6.35. The zero-order valence-corrected chi connectivity index (χ0v) is 16.7. The van der Waals surface area contributed by atoms with Crippen molar-refractivity contribution in [3.05, 3.63) is 70.8 Å². The number of rotatable bonds is 6. The van der Waals surface area contributed by atoms with Crippen LogP contribution in [0, 0.1) is 0 Å². The van der Waals surface area contributed by atoms with Gasteiger partial charge >= 0.3 is 11.8 Å². The molecule has 0 aliphatic rings. The minimum Gasteiger partial charge on any atom is -0.262 e. The largest absolute Gasteiger partial charge is 0.331 e.